The summed E-state index contributed by atoms with van der Waals surface area (Å²) in [5.41, 5.74) is 6.97. The van der Waals surface area contributed by atoms with Crippen LogP contribution in [0.4, 0.5) is 10.1 Å². The fourth-order valence-corrected chi connectivity index (χ4v) is 3.29. The van der Waals surface area contributed by atoms with E-state index in [9.17, 15) is 12.8 Å². The molecule has 1 heterocycles. The van der Waals surface area contributed by atoms with E-state index in [1.165, 1.54) is 12.3 Å². The van der Waals surface area contributed by atoms with Crippen molar-refractivity contribution in [1.82, 2.24) is 4.98 Å². The van der Waals surface area contributed by atoms with Crippen LogP contribution in [0.15, 0.2) is 41.6 Å². The number of halogens is 1. The molecule has 4 nitrogen and oxygen atoms in total. The third-order valence-electron chi connectivity index (χ3n) is 2.62. The van der Waals surface area contributed by atoms with Crippen molar-refractivity contribution < 1.29 is 12.8 Å². The lowest BCUT2D eigenvalue weighted by atomic mass is 10.2. The highest BCUT2D eigenvalue weighted by Crippen LogP contribution is 2.23. The molecular weight excluding hydrogens is 267 g/mol. The number of aryl methyl sites for hydroxylation is 1. The van der Waals surface area contributed by atoms with Gasteiger partial charge in [0.1, 0.15) is 5.82 Å². The van der Waals surface area contributed by atoms with Crippen LogP contribution in [0.5, 0.6) is 0 Å². The summed E-state index contributed by atoms with van der Waals surface area (Å²) >= 11 is 0. The molecule has 6 heteroatoms. The number of hydrogen-bond donors (Lipinski definition) is 1. The maximum Gasteiger partial charge on any atom is 0.184 e. The number of nitrogens with zero attached hydrogens (tertiary/aromatic N) is 1. The van der Waals surface area contributed by atoms with Crippen molar-refractivity contribution in [2.45, 2.75) is 17.6 Å². The Labute approximate surface area is 111 Å². The Morgan fingerprint density at radius 3 is 2.68 bits per heavy atom. The summed E-state index contributed by atoms with van der Waals surface area (Å²) < 4.78 is 37.5. The summed E-state index contributed by atoms with van der Waals surface area (Å²) in [6.45, 7) is 1.78. The summed E-state index contributed by atoms with van der Waals surface area (Å²) in [6, 6.07) is 5.94. The van der Waals surface area contributed by atoms with Gasteiger partial charge in [0.05, 0.1) is 22.5 Å². The quantitative estimate of drug-likeness (QED) is 0.874. The van der Waals surface area contributed by atoms with E-state index in [0.29, 0.717) is 5.56 Å². The molecule has 19 heavy (non-hydrogen) atoms. The minimum atomic E-state index is -3.61. The van der Waals surface area contributed by atoms with Crippen LogP contribution in [0, 0.1) is 12.7 Å². The van der Waals surface area contributed by atoms with E-state index in [-0.39, 0.29) is 16.3 Å². The second-order valence-corrected chi connectivity index (χ2v) is 6.27. The molecule has 0 atom stereocenters. The van der Waals surface area contributed by atoms with Crippen molar-refractivity contribution in [2.24, 2.45) is 0 Å². The van der Waals surface area contributed by atoms with Crippen molar-refractivity contribution in [1.29, 1.82) is 0 Å². The predicted molar refractivity (Wildman–Crippen MR) is 70.7 cm³/mol. The molecule has 0 saturated carbocycles. The van der Waals surface area contributed by atoms with Crippen molar-refractivity contribution in [2.75, 3.05) is 5.73 Å². The highest BCUT2D eigenvalue weighted by Gasteiger charge is 2.19. The maximum absolute atomic E-state index is 13.0. The minimum Gasteiger partial charge on any atom is -0.398 e. The zero-order valence-corrected chi connectivity index (χ0v) is 11.1. The normalized spacial score (nSPS) is 11.5. The number of sulfone groups is 1. The molecule has 1 aromatic heterocycles. The largest absolute Gasteiger partial charge is 0.398 e. The van der Waals surface area contributed by atoms with Gasteiger partial charge in [-0.15, -0.1) is 0 Å². The Morgan fingerprint density at radius 2 is 2.00 bits per heavy atom. The van der Waals surface area contributed by atoms with Gasteiger partial charge in [-0.3, -0.25) is 4.98 Å². The summed E-state index contributed by atoms with van der Waals surface area (Å²) in [6.07, 6.45) is 2.35. The zero-order chi connectivity index (χ0) is 14.0. The number of aromatic nitrogens is 1. The van der Waals surface area contributed by atoms with Crippen LogP contribution in [0.1, 0.15) is 11.1 Å². The molecular formula is C13H13FN2O2S. The summed E-state index contributed by atoms with van der Waals surface area (Å²) in [4.78, 5) is 3.70. The zero-order valence-electron chi connectivity index (χ0n) is 10.3. The third-order valence-corrected chi connectivity index (χ3v) is 4.36. The molecule has 0 amide bonds. The van der Waals surface area contributed by atoms with E-state index in [1.807, 2.05) is 0 Å². The first-order valence-corrected chi connectivity index (χ1v) is 7.22. The van der Waals surface area contributed by atoms with Crippen LogP contribution >= 0.6 is 0 Å². The first-order valence-electron chi connectivity index (χ1n) is 5.57. The van der Waals surface area contributed by atoms with Crippen LogP contribution < -0.4 is 5.73 Å². The number of nitrogens with two attached hydrogens (primary N) is 1. The molecule has 0 radical (unpaired) electrons. The molecule has 2 N–H and O–H groups in total. The molecule has 100 valence electrons. The molecule has 0 aliphatic carbocycles. The number of pyridine rings is 1. The lowest BCUT2D eigenvalue weighted by Crippen LogP contribution is -2.08. The first-order chi connectivity index (χ1) is 8.88. The van der Waals surface area contributed by atoms with Crippen LogP contribution in [-0.4, -0.2) is 13.4 Å². The number of anilines is 1. The molecule has 0 unspecified atom stereocenters. The number of benzene rings is 1. The smallest absolute Gasteiger partial charge is 0.184 e. The van der Waals surface area contributed by atoms with Gasteiger partial charge in [-0.25, -0.2) is 12.8 Å². The molecule has 0 saturated heterocycles. The van der Waals surface area contributed by atoms with Crippen molar-refractivity contribution in [3.8, 4) is 0 Å². The summed E-state index contributed by atoms with van der Waals surface area (Å²) in [7, 11) is -3.61. The van der Waals surface area contributed by atoms with Gasteiger partial charge in [0.2, 0.25) is 0 Å². The van der Waals surface area contributed by atoms with E-state index in [1.54, 1.807) is 19.1 Å². The lowest BCUT2D eigenvalue weighted by Gasteiger charge is -2.08. The second-order valence-electron chi connectivity index (χ2n) is 4.31. The van der Waals surface area contributed by atoms with E-state index in [0.717, 1.165) is 17.8 Å². The molecule has 0 spiro atoms. The highest BCUT2D eigenvalue weighted by atomic mass is 32.2. The van der Waals surface area contributed by atoms with Gasteiger partial charge in [-0.05, 0) is 36.2 Å². The Balaban J connectivity index is 2.40. The standard InChI is InChI=1S/C13H13FN2O2S/c1-9-2-3-12(15)13(4-9)19(17,18)8-10-5-11(14)7-16-6-10/h2-7H,8,15H2,1H3. The summed E-state index contributed by atoms with van der Waals surface area (Å²) in [5.74, 6) is -0.893. The number of hydrogen-bond acceptors (Lipinski definition) is 4. The van der Waals surface area contributed by atoms with Crippen LogP contribution in [0.2, 0.25) is 0 Å². The van der Waals surface area contributed by atoms with Crippen molar-refractivity contribution in [3.05, 3.63) is 53.6 Å². The van der Waals surface area contributed by atoms with Crippen LogP contribution in [0.3, 0.4) is 0 Å². The van der Waals surface area contributed by atoms with Gasteiger partial charge in [0.15, 0.2) is 9.84 Å². The molecule has 0 bridgehead atoms. The predicted octanol–water partition coefficient (Wildman–Crippen LogP) is 2.09. The maximum atomic E-state index is 13.0. The SMILES string of the molecule is Cc1ccc(N)c(S(=O)(=O)Cc2cncc(F)c2)c1. The average Bonchev–Trinajstić information content (AvgIpc) is 2.31. The Hall–Kier alpha value is -1.95. The fraction of sp³-hybridized carbons (Fsp3) is 0.154. The minimum absolute atomic E-state index is 0.0664. The topological polar surface area (TPSA) is 73.1 Å². The Bertz CT molecular complexity index is 714. The van der Waals surface area contributed by atoms with Crippen molar-refractivity contribution >= 4 is 15.5 Å². The molecule has 0 fully saturated rings. The van der Waals surface area contributed by atoms with Gasteiger partial charge < -0.3 is 5.73 Å². The van der Waals surface area contributed by atoms with E-state index in [4.69, 9.17) is 5.73 Å². The lowest BCUT2D eigenvalue weighted by molar-refractivity contribution is 0.594. The monoisotopic (exact) mass is 280 g/mol. The van der Waals surface area contributed by atoms with Gasteiger partial charge in [0.25, 0.3) is 0 Å². The first kappa shape index (κ1) is 13.5. The van der Waals surface area contributed by atoms with Gasteiger partial charge in [0, 0.05) is 6.20 Å². The van der Waals surface area contributed by atoms with E-state index in [2.05, 4.69) is 4.98 Å². The van der Waals surface area contributed by atoms with Gasteiger partial charge in [-0.1, -0.05) is 6.07 Å². The van der Waals surface area contributed by atoms with Crippen LogP contribution in [0.25, 0.3) is 0 Å². The van der Waals surface area contributed by atoms with E-state index >= 15 is 0 Å². The Morgan fingerprint density at radius 1 is 1.26 bits per heavy atom. The van der Waals surface area contributed by atoms with E-state index < -0.39 is 15.7 Å². The highest BCUT2D eigenvalue weighted by molar-refractivity contribution is 7.90. The third kappa shape index (κ3) is 3.08. The molecule has 2 rings (SSSR count). The molecule has 1 aromatic carbocycles. The Kier molecular flexibility index (Phi) is 3.53. The molecule has 0 aliphatic heterocycles. The number of rotatable bonds is 3. The second kappa shape index (κ2) is 4.97. The van der Waals surface area contributed by atoms with Crippen molar-refractivity contribution in [3.63, 3.8) is 0 Å². The summed E-state index contributed by atoms with van der Waals surface area (Å²) in [5, 5.41) is 0. The fourth-order valence-electron chi connectivity index (χ4n) is 1.74. The molecule has 2 aromatic rings. The number of nitrogen functional groups attached to an aromatic ring is 1. The molecule has 0 aliphatic rings. The van der Waals surface area contributed by atoms with Gasteiger partial charge in [-0.2, -0.15) is 0 Å². The van der Waals surface area contributed by atoms with Gasteiger partial charge >= 0.3 is 0 Å². The van der Waals surface area contributed by atoms with Crippen LogP contribution in [-0.2, 0) is 15.6 Å². The average molecular weight is 280 g/mol.